The molecule has 1 aromatic rings. The zero-order valence-electron chi connectivity index (χ0n) is 11.3. The summed E-state index contributed by atoms with van der Waals surface area (Å²) in [5, 5.41) is 0.936. The second-order valence-corrected chi connectivity index (χ2v) is 5.90. The van der Waals surface area contributed by atoms with Crippen LogP contribution in [0, 0.1) is 5.41 Å². The lowest BCUT2D eigenvalue weighted by Gasteiger charge is -2.14. The molecule has 0 spiro atoms. The van der Waals surface area contributed by atoms with E-state index in [0.717, 1.165) is 35.6 Å². The number of hydrogen-bond acceptors (Lipinski definition) is 6. The van der Waals surface area contributed by atoms with Crippen LogP contribution in [-0.2, 0) is 16.0 Å². The Kier molecular flexibility index (Phi) is 4.29. The molecular formula is C13H19N3O2S. The number of nitrogens with zero attached hydrogens (tertiary/aromatic N) is 2. The molecule has 6 heteroatoms. The normalized spacial score (nSPS) is 16.1. The monoisotopic (exact) mass is 281 g/mol. The summed E-state index contributed by atoms with van der Waals surface area (Å²) in [6.07, 6.45) is 4.97. The molecular weight excluding hydrogens is 262 g/mol. The van der Waals surface area contributed by atoms with Crippen molar-refractivity contribution in [1.82, 2.24) is 9.97 Å². The van der Waals surface area contributed by atoms with E-state index in [1.54, 1.807) is 11.8 Å². The van der Waals surface area contributed by atoms with Gasteiger partial charge in [-0.3, -0.25) is 4.79 Å². The highest BCUT2D eigenvalue weighted by Gasteiger charge is 2.44. The number of esters is 1. The first kappa shape index (κ1) is 14.1. The SMILES string of the molecule is CCc1c(N)ncnc1SCC1(CC(=O)OC)CC1. The van der Waals surface area contributed by atoms with Crippen molar-refractivity contribution in [2.45, 2.75) is 37.6 Å². The largest absolute Gasteiger partial charge is 0.469 e. The van der Waals surface area contributed by atoms with Crippen molar-refractivity contribution in [2.24, 2.45) is 5.41 Å². The van der Waals surface area contributed by atoms with Crippen LogP contribution in [0.5, 0.6) is 0 Å². The highest BCUT2D eigenvalue weighted by atomic mass is 32.2. The molecule has 1 heterocycles. The molecule has 0 amide bonds. The number of thioether (sulfide) groups is 1. The van der Waals surface area contributed by atoms with Crippen LogP contribution in [0.4, 0.5) is 5.82 Å². The molecule has 1 aliphatic rings. The number of carbonyl (C=O) groups excluding carboxylic acids is 1. The molecule has 0 radical (unpaired) electrons. The molecule has 5 nitrogen and oxygen atoms in total. The Labute approximate surface area is 117 Å². The minimum atomic E-state index is -0.129. The maximum absolute atomic E-state index is 11.4. The fourth-order valence-electron chi connectivity index (χ4n) is 2.01. The predicted molar refractivity (Wildman–Crippen MR) is 74.8 cm³/mol. The molecule has 1 aromatic heterocycles. The van der Waals surface area contributed by atoms with E-state index in [1.807, 2.05) is 6.92 Å². The van der Waals surface area contributed by atoms with Gasteiger partial charge >= 0.3 is 5.97 Å². The van der Waals surface area contributed by atoms with Crippen molar-refractivity contribution in [2.75, 3.05) is 18.6 Å². The molecule has 0 aromatic carbocycles. The predicted octanol–water partition coefficient (Wildman–Crippen LogP) is 2.06. The van der Waals surface area contributed by atoms with Gasteiger partial charge in [0.15, 0.2) is 0 Å². The zero-order chi connectivity index (χ0) is 13.9. The third-order valence-corrected chi connectivity index (χ3v) is 4.89. The number of ether oxygens (including phenoxy) is 1. The summed E-state index contributed by atoms with van der Waals surface area (Å²) in [6.45, 7) is 2.04. The van der Waals surface area contributed by atoms with Crippen molar-refractivity contribution in [3.05, 3.63) is 11.9 Å². The van der Waals surface area contributed by atoms with Crippen molar-refractivity contribution in [3.8, 4) is 0 Å². The fraction of sp³-hybridized carbons (Fsp3) is 0.615. The van der Waals surface area contributed by atoms with Crippen molar-refractivity contribution >= 4 is 23.5 Å². The molecule has 2 N–H and O–H groups in total. The molecule has 19 heavy (non-hydrogen) atoms. The van der Waals surface area contributed by atoms with E-state index in [1.165, 1.54) is 13.4 Å². The highest BCUT2D eigenvalue weighted by molar-refractivity contribution is 7.99. The maximum atomic E-state index is 11.4. The van der Waals surface area contributed by atoms with Crippen LogP contribution in [0.1, 0.15) is 31.7 Å². The van der Waals surface area contributed by atoms with E-state index < -0.39 is 0 Å². The minimum absolute atomic E-state index is 0.0997. The Morgan fingerprint density at radius 3 is 2.84 bits per heavy atom. The number of aromatic nitrogens is 2. The zero-order valence-corrected chi connectivity index (χ0v) is 12.1. The van der Waals surface area contributed by atoms with Crippen LogP contribution in [-0.4, -0.2) is 28.8 Å². The van der Waals surface area contributed by atoms with Gasteiger partial charge in [0.25, 0.3) is 0 Å². The smallest absolute Gasteiger partial charge is 0.306 e. The second kappa shape index (κ2) is 5.77. The van der Waals surface area contributed by atoms with Crippen molar-refractivity contribution in [1.29, 1.82) is 0 Å². The van der Waals surface area contributed by atoms with Crippen LogP contribution in [0.15, 0.2) is 11.4 Å². The molecule has 0 unspecified atom stereocenters. The van der Waals surface area contributed by atoms with Gasteiger partial charge in [-0.2, -0.15) is 0 Å². The van der Waals surface area contributed by atoms with Gasteiger partial charge in [-0.25, -0.2) is 9.97 Å². The Morgan fingerprint density at radius 1 is 1.53 bits per heavy atom. The molecule has 2 rings (SSSR count). The molecule has 1 aliphatic carbocycles. The first-order valence-electron chi connectivity index (χ1n) is 6.39. The lowest BCUT2D eigenvalue weighted by atomic mass is 10.1. The standard InChI is InChI=1S/C13H19N3O2S/c1-3-9-11(14)15-8-16-12(9)19-7-13(4-5-13)6-10(17)18-2/h8H,3-7H2,1-2H3,(H2,14,15,16). The highest BCUT2D eigenvalue weighted by Crippen LogP contribution is 2.52. The summed E-state index contributed by atoms with van der Waals surface area (Å²) in [6, 6.07) is 0. The van der Waals surface area contributed by atoms with Gasteiger partial charge in [0.05, 0.1) is 13.5 Å². The lowest BCUT2D eigenvalue weighted by molar-refractivity contribution is -0.141. The average Bonchev–Trinajstić information content (AvgIpc) is 3.16. The number of hydrogen-bond donors (Lipinski definition) is 1. The number of nitrogens with two attached hydrogens (primary N) is 1. The van der Waals surface area contributed by atoms with E-state index in [9.17, 15) is 4.79 Å². The Morgan fingerprint density at radius 2 is 2.26 bits per heavy atom. The van der Waals surface area contributed by atoms with Crippen LogP contribution in [0.25, 0.3) is 0 Å². The van der Waals surface area contributed by atoms with Crippen LogP contribution < -0.4 is 5.73 Å². The number of carbonyl (C=O) groups is 1. The third-order valence-electron chi connectivity index (χ3n) is 3.51. The Hall–Kier alpha value is -1.30. The minimum Gasteiger partial charge on any atom is -0.469 e. The lowest BCUT2D eigenvalue weighted by Crippen LogP contribution is -2.13. The Balaban J connectivity index is 1.99. The van der Waals surface area contributed by atoms with Crippen LogP contribution in [0.2, 0.25) is 0 Å². The first-order valence-corrected chi connectivity index (χ1v) is 7.38. The summed E-state index contributed by atoms with van der Waals surface area (Å²) >= 11 is 1.67. The first-order chi connectivity index (χ1) is 9.10. The van der Waals surface area contributed by atoms with Gasteiger partial charge in [0.2, 0.25) is 0 Å². The van der Waals surface area contributed by atoms with Gasteiger partial charge in [0, 0.05) is 11.3 Å². The number of nitrogen functional groups attached to an aromatic ring is 1. The number of rotatable bonds is 6. The van der Waals surface area contributed by atoms with E-state index >= 15 is 0 Å². The molecule has 1 saturated carbocycles. The molecule has 1 fully saturated rings. The van der Waals surface area contributed by atoms with E-state index in [0.29, 0.717) is 12.2 Å². The Bertz CT molecular complexity index is 475. The number of methoxy groups -OCH3 is 1. The van der Waals surface area contributed by atoms with Gasteiger partial charge in [0.1, 0.15) is 17.2 Å². The van der Waals surface area contributed by atoms with Crippen molar-refractivity contribution in [3.63, 3.8) is 0 Å². The molecule has 104 valence electrons. The molecule has 0 aliphatic heterocycles. The quantitative estimate of drug-likeness (QED) is 0.488. The molecule has 0 atom stereocenters. The van der Waals surface area contributed by atoms with E-state index in [-0.39, 0.29) is 11.4 Å². The van der Waals surface area contributed by atoms with E-state index in [2.05, 4.69) is 9.97 Å². The van der Waals surface area contributed by atoms with Crippen molar-refractivity contribution < 1.29 is 9.53 Å². The molecule has 0 bridgehead atoms. The second-order valence-electron chi connectivity index (χ2n) is 4.94. The van der Waals surface area contributed by atoms with Gasteiger partial charge in [-0.1, -0.05) is 6.92 Å². The average molecular weight is 281 g/mol. The van der Waals surface area contributed by atoms with E-state index in [4.69, 9.17) is 10.5 Å². The third kappa shape index (κ3) is 3.37. The topological polar surface area (TPSA) is 78.1 Å². The number of anilines is 1. The van der Waals surface area contributed by atoms with Gasteiger partial charge < -0.3 is 10.5 Å². The summed E-state index contributed by atoms with van der Waals surface area (Å²) in [5.74, 6) is 1.31. The van der Waals surface area contributed by atoms with Crippen LogP contribution >= 0.6 is 11.8 Å². The fourth-order valence-corrected chi connectivity index (χ4v) is 3.39. The summed E-state index contributed by atoms with van der Waals surface area (Å²) in [5.41, 5.74) is 6.95. The maximum Gasteiger partial charge on any atom is 0.306 e. The summed E-state index contributed by atoms with van der Waals surface area (Å²) in [4.78, 5) is 19.7. The summed E-state index contributed by atoms with van der Waals surface area (Å²) in [7, 11) is 1.44. The van der Waals surface area contributed by atoms with Gasteiger partial charge in [-0.15, -0.1) is 11.8 Å². The molecule has 0 saturated heterocycles. The summed E-state index contributed by atoms with van der Waals surface area (Å²) < 4.78 is 4.75. The van der Waals surface area contributed by atoms with Gasteiger partial charge in [-0.05, 0) is 24.7 Å². The van der Waals surface area contributed by atoms with Crippen LogP contribution in [0.3, 0.4) is 0 Å².